The number of oxazole rings is 1. The molecule has 3 rings (SSSR count). The molecular formula is C22H30BrN3O5. The van der Waals surface area contributed by atoms with Gasteiger partial charge in [-0.05, 0) is 82.4 Å². The van der Waals surface area contributed by atoms with E-state index in [-0.39, 0.29) is 18.0 Å². The first-order valence-electron chi connectivity index (χ1n) is 10.4. The molecule has 1 fully saturated rings. The third-order valence-electron chi connectivity index (χ3n) is 4.76. The van der Waals surface area contributed by atoms with E-state index in [0.717, 1.165) is 4.47 Å². The molecule has 0 spiro atoms. The van der Waals surface area contributed by atoms with Crippen LogP contribution < -0.4 is 4.90 Å². The molecule has 0 radical (unpaired) electrons. The number of hydrogen-bond donors (Lipinski definition) is 0. The fraction of sp³-hybridized carbons (Fsp3) is 0.591. The number of amides is 1. The lowest BCUT2D eigenvalue weighted by molar-refractivity contribution is -0.204. The summed E-state index contributed by atoms with van der Waals surface area (Å²) in [5, 5.41) is 1.65. The van der Waals surface area contributed by atoms with Crippen LogP contribution in [0.25, 0.3) is 11.1 Å². The van der Waals surface area contributed by atoms with Crippen LogP contribution in [0.2, 0.25) is 0 Å². The highest BCUT2D eigenvalue weighted by Crippen LogP contribution is 2.32. The van der Waals surface area contributed by atoms with E-state index in [4.69, 9.17) is 14.0 Å². The molecule has 0 saturated carbocycles. The van der Waals surface area contributed by atoms with Crippen LogP contribution in [0, 0.1) is 5.41 Å². The number of benzene rings is 1. The lowest BCUT2D eigenvalue weighted by Gasteiger charge is -2.36. The number of carbonyl (C=O) groups is 2. The summed E-state index contributed by atoms with van der Waals surface area (Å²) in [5.74, 6) is -0.279. The number of fused-ring (bicyclic) bond motifs is 1. The highest BCUT2D eigenvalue weighted by molar-refractivity contribution is 9.10. The summed E-state index contributed by atoms with van der Waals surface area (Å²) in [4.78, 5) is 36.8. The van der Waals surface area contributed by atoms with Gasteiger partial charge in [0.25, 0.3) is 0 Å². The Kier molecular flexibility index (Phi) is 6.67. The van der Waals surface area contributed by atoms with Gasteiger partial charge in [-0.25, -0.2) is 14.5 Å². The number of ether oxygens (including phenoxy) is 1. The van der Waals surface area contributed by atoms with Crippen LogP contribution in [0.3, 0.4) is 0 Å². The Balaban J connectivity index is 1.81. The molecule has 2 heterocycles. The first-order chi connectivity index (χ1) is 14.3. The number of para-hydroxylation sites is 1. The molecule has 0 atom stereocenters. The van der Waals surface area contributed by atoms with E-state index >= 15 is 0 Å². The van der Waals surface area contributed by atoms with E-state index in [0.29, 0.717) is 37.0 Å². The number of anilines is 1. The zero-order valence-electron chi connectivity index (χ0n) is 18.9. The van der Waals surface area contributed by atoms with E-state index in [9.17, 15) is 9.59 Å². The Labute approximate surface area is 190 Å². The number of carbonyl (C=O) groups excluding carboxylic acids is 2. The number of hydroxylamine groups is 2. The third-order valence-corrected chi connectivity index (χ3v) is 5.39. The quantitative estimate of drug-likeness (QED) is 0.570. The molecule has 0 aliphatic carbocycles. The molecule has 1 aliphatic rings. The molecule has 1 amide bonds. The Bertz CT molecular complexity index is 952. The summed E-state index contributed by atoms with van der Waals surface area (Å²) in [6, 6.07) is 5.54. The van der Waals surface area contributed by atoms with Crippen LogP contribution in [-0.2, 0) is 14.4 Å². The van der Waals surface area contributed by atoms with Crippen molar-refractivity contribution in [2.24, 2.45) is 5.41 Å². The van der Waals surface area contributed by atoms with E-state index in [1.54, 1.807) is 5.06 Å². The Morgan fingerprint density at radius 3 is 2.35 bits per heavy atom. The normalized spacial score (nSPS) is 16.4. The molecule has 170 valence electrons. The standard InChI is InChI=1S/C22H30BrN3O5/c1-21(2,3)18(27)31-25-12-10-14(11-13-25)26(20(28)30-22(4,5)6)19-24-16-9-7-8-15(23)17(16)29-19/h7-9,14H,10-13H2,1-6H3. The SMILES string of the molecule is CC(C)(C)OC(=O)N(c1nc2cccc(Br)c2o1)C1CCN(OC(=O)C(C)(C)C)CC1. The summed E-state index contributed by atoms with van der Waals surface area (Å²) < 4.78 is 12.4. The molecule has 0 bridgehead atoms. The predicted octanol–water partition coefficient (Wildman–Crippen LogP) is 5.30. The number of halogens is 1. The van der Waals surface area contributed by atoms with Gasteiger partial charge < -0.3 is 14.0 Å². The van der Waals surface area contributed by atoms with E-state index in [1.807, 2.05) is 59.7 Å². The zero-order chi connectivity index (χ0) is 23.0. The van der Waals surface area contributed by atoms with Gasteiger partial charge in [0, 0.05) is 19.1 Å². The fourth-order valence-corrected chi connectivity index (χ4v) is 3.58. The van der Waals surface area contributed by atoms with Gasteiger partial charge in [0.2, 0.25) is 0 Å². The van der Waals surface area contributed by atoms with Crippen molar-refractivity contribution in [3.8, 4) is 0 Å². The van der Waals surface area contributed by atoms with Crippen LogP contribution >= 0.6 is 15.9 Å². The van der Waals surface area contributed by atoms with E-state index < -0.39 is 17.1 Å². The maximum Gasteiger partial charge on any atom is 0.418 e. The van der Waals surface area contributed by atoms with Crippen molar-refractivity contribution in [3.05, 3.63) is 22.7 Å². The van der Waals surface area contributed by atoms with Crippen molar-refractivity contribution in [1.29, 1.82) is 0 Å². The maximum absolute atomic E-state index is 13.1. The molecule has 1 saturated heterocycles. The number of piperidine rings is 1. The Morgan fingerprint density at radius 2 is 1.81 bits per heavy atom. The van der Waals surface area contributed by atoms with Gasteiger partial charge in [-0.15, -0.1) is 5.06 Å². The molecule has 1 aromatic heterocycles. The van der Waals surface area contributed by atoms with Crippen LogP contribution in [0.1, 0.15) is 54.4 Å². The zero-order valence-corrected chi connectivity index (χ0v) is 20.5. The average molecular weight is 496 g/mol. The molecule has 0 N–H and O–H groups in total. The molecular weight excluding hydrogens is 466 g/mol. The molecule has 0 unspecified atom stereocenters. The van der Waals surface area contributed by atoms with Crippen molar-refractivity contribution >= 4 is 45.1 Å². The maximum atomic E-state index is 13.1. The fourth-order valence-electron chi connectivity index (χ4n) is 3.15. The van der Waals surface area contributed by atoms with E-state index in [2.05, 4.69) is 20.9 Å². The summed E-state index contributed by atoms with van der Waals surface area (Å²) in [6.07, 6.45) is 0.646. The van der Waals surface area contributed by atoms with Crippen molar-refractivity contribution in [1.82, 2.24) is 10.0 Å². The predicted molar refractivity (Wildman–Crippen MR) is 121 cm³/mol. The third kappa shape index (κ3) is 5.77. The second-order valence-corrected chi connectivity index (χ2v) is 10.6. The number of aromatic nitrogens is 1. The van der Waals surface area contributed by atoms with Gasteiger partial charge in [-0.2, -0.15) is 4.98 Å². The Hall–Kier alpha value is -2.13. The lowest BCUT2D eigenvalue weighted by Crippen LogP contribution is -2.50. The molecule has 31 heavy (non-hydrogen) atoms. The van der Waals surface area contributed by atoms with Crippen LogP contribution in [-0.4, -0.2) is 46.8 Å². The first-order valence-corrected chi connectivity index (χ1v) is 11.2. The van der Waals surface area contributed by atoms with Crippen molar-refractivity contribution < 1.29 is 23.6 Å². The molecule has 1 aliphatic heterocycles. The minimum Gasteiger partial charge on any atom is -0.443 e. The first kappa shape index (κ1) is 23.5. The topological polar surface area (TPSA) is 85.1 Å². The summed E-state index contributed by atoms with van der Waals surface area (Å²) in [5.41, 5.74) is -0.0207. The summed E-state index contributed by atoms with van der Waals surface area (Å²) in [7, 11) is 0. The minimum absolute atomic E-state index is 0.196. The Morgan fingerprint density at radius 1 is 1.16 bits per heavy atom. The minimum atomic E-state index is -0.662. The molecule has 8 nitrogen and oxygen atoms in total. The summed E-state index contributed by atoms with van der Waals surface area (Å²) >= 11 is 3.46. The number of nitrogens with zero attached hydrogens (tertiary/aromatic N) is 3. The van der Waals surface area contributed by atoms with Crippen molar-refractivity contribution in [2.45, 2.75) is 66.0 Å². The average Bonchev–Trinajstić information content (AvgIpc) is 3.06. The van der Waals surface area contributed by atoms with Gasteiger partial charge in [0.1, 0.15) is 11.1 Å². The van der Waals surface area contributed by atoms with Gasteiger partial charge in [-0.1, -0.05) is 6.07 Å². The van der Waals surface area contributed by atoms with Crippen molar-refractivity contribution in [2.75, 3.05) is 18.0 Å². The monoisotopic (exact) mass is 495 g/mol. The van der Waals surface area contributed by atoms with E-state index in [1.165, 1.54) is 4.90 Å². The van der Waals surface area contributed by atoms with Gasteiger partial charge in [0.05, 0.1) is 9.89 Å². The largest absolute Gasteiger partial charge is 0.443 e. The van der Waals surface area contributed by atoms with Crippen LogP contribution in [0.4, 0.5) is 10.8 Å². The van der Waals surface area contributed by atoms with Crippen LogP contribution in [0.5, 0.6) is 0 Å². The number of hydrogen-bond acceptors (Lipinski definition) is 7. The second kappa shape index (κ2) is 8.78. The molecule has 2 aromatic rings. The highest BCUT2D eigenvalue weighted by Gasteiger charge is 2.37. The summed E-state index contributed by atoms with van der Waals surface area (Å²) in [6.45, 7) is 11.9. The smallest absolute Gasteiger partial charge is 0.418 e. The van der Waals surface area contributed by atoms with Gasteiger partial charge in [0.15, 0.2) is 5.58 Å². The molecule has 9 heteroatoms. The van der Waals surface area contributed by atoms with Gasteiger partial charge in [-0.3, -0.25) is 0 Å². The van der Waals surface area contributed by atoms with Gasteiger partial charge >= 0.3 is 18.1 Å². The van der Waals surface area contributed by atoms with Crippen LogP contribution in [0.15, 0.2) is 27.1 Å². The van der Waals surface area contributed by atoms with Crippen molar-refractivity contribution in [3.63, 3.8) is 0 Å². The highest BCUT2D eigenvalue weighted by atomic mass is 79.9. The lowest BCUT2D eigenvalue weighted by atomic mass is 9.98. The molecule has 1 aromatic carbocycles. The second-order valence-electron chi connectivity index (χ2n) is 9.72. The number of rotatable bonds is 3.